The number of benzene rings is 2. The van der Waals surface area contributed by atoms with Gasteiger partial charge in [-0.2, -0.15) is 0 Å². The van der Waals surface area contributed by atoms with Gasteiger partial charge in [0.1, 0.15) is 6.33 Å². The maximum Gasteiger partial charge on any atom is 0.236 e. The number of nitrogens with zero attached hydrogens (tertiary/aromatic N) is 4. The third-order valence-electron chi connectivity index (χ3n) is 4.04. The molecule has 0 atom stereocenters. The van der Waals surface area contributed by atoms with Crippen molar-refractivity contribution < 1.29 is 4.79 Å². The molecule has 0 bridgehead atoms. The number of thioether (sulfide) groups is 1. The van der Waals surface area contributed by atoms with E-state index in [1.807, 2.05) is 42.8 Å². The second-order valence-electron chi connectivity index (χ2n) is 6.04. The Hall–Kier alpha value is -2.97. The van der Waals surface area contributed by atoms with E-state index in [0.717, 1.165) is 16.8 Å². The summed E-state index contributed by atoms with van der Waals surface area (Å²) in [6, 6.07) is 18.5. The van der Waals surface area contributed by atoms with Crippen molar-refractivity contribution in [1.82, 2.24) is 19.7 Å². The van der Waals surface area contributed by atoms with Crippen molar-refractivity contribution in [2.75, 3.05) is 11.1 Å². The molecule has 0 spiro atoms. The Kier molecular flexibility index (Phi) is 5.50. The first-order valence-electron chi connectivity index (χ1n) is 8.57. The molecule has 28 heavy (non-hydrogen) atoms. The van der Waals surface area contributed by atoms with Crippen LogP contribution in [-0.4, -0.2) is 31.4 Å². The summed E-state index contributed by atoms with van der Waals surface area (Å²) in [5, 5.41) is 13.8. The Bertz CT molecular complexity index is 1070. The molecule has 4 rings (SSSR count). The summed E-state index contributed by atoms with van der Waals surface area (Å²) in [5.74, 6) is 0.140. The Morgan fingerprint density at radius 3 is 2.50 bits per heavy atom. The van der Waals surface area contributed by atoms with Crippen LogP contribution >= 0.6 is 23.1 Å². The Morgan fingerprint density at radius 2 is 1.79 bits per heavy atom. The molecule has 0 unspecified atom stereocenters. The Balaban J connectivity index is 1.38. The lowest BCUT2D eigenvalue weighted by Gasteiger charge is -2.03. The van der Waals surface area contributed by atoms with Crippen LogP contribution in [0.3, 0.4) is 0 Å². The van der Waals surface area contributed by atoms with E-state index >= 15 is 0 Å². The highest BCUT2D eigenvalue weighted by atomic mass is 32.2. The minimum Gasteiger partial charge on any atom is -0.312 e. The lowest BCUT2D eigenvalue weighted by molar-refractivity contribution is -0.113. The Labute approximate surface area is 170 Å². The van der Waals surface area contributed by atoms with Gasteiger partial charge in [-0.25, -0.2) is 4.98 Å². The highest BCUT2D eigenvalue weighted by Gasteiger charge is 2.10. The van der Waals surface area contributed by atoms with Crippen LogP contribution < -0.4 is 5.32 Å². The predicted octanol–water partition coefficient (Wildman–Crippen LogP) is 4.34. The van der Waals surface area contributed by atoms with Crippen molar-refractivity contribution in [2.45, 2.75) is 5.16 Å². The topological polar surface area (TPSA) is 72.7 Å². The molecule has 8 heteroatoms. The van der Waals surface area contributed by atoms with Gasteiger partial charge in [0.05, 0.1) is 11.4 Å². The highest BCUT2D eigenvalue weighted by molar-refractivity contribution is 7.99. The first kappa shape index (κ1) is 18.4. The number of carbonyl (C=O) groups excluding carboxylic acids is 1. The van der Waals surface area contributed by atoms with Gasteiger partial charge in [-0.3, -0.25) is 4.79 Å². The van der Waals surface area contributed by atoms with Gasteiger partial charge in [0.2, 0.25) is 5.91 Å². The van der Waals surface area contributed by atoms with Crippen molar-refractivity contribution in [1.29, 1.82) is 0 Å². The number of amides is 1. The molecular formula is C20H17N5OS2. The van der Waals surface area contributed by atoms with Crippen molar-refractivity contribution in [3.8, 4) is 22.4 Å². The van der Waals surface area contributed by atoms with Crippen LogP contribution in [0.2, 0.25) is 0 Å². The molecule has 2 heterocycles. The average molecular weight is 408 g/mol. The van der Waals surface area contributed by atoms with E-state index in [9.17, 15) is 4.79 Å². The minimum absolute atomic E-state index is 0.117. The van der Waals surface area contributed by atoms with Gasteiger partial charge in [-0.05, 0) is 11.1 Å². The SMILES string of the molecule is Cn1cnnc1SCC(=O)Nc1nc(-c2ccc(-c3ccccc3)cc2)cs1. The molecule has 1 amide bonds. The lowest BCUT2D eigenvalue weighted by atomic mass is 10.0. The van der Waals surface area contributed by atoms with Crippen molar-refractivity contribution in [2.24, 2.45) is 7.05 Å². The highest BCUT2D eigenvalue weighted by Crippen LogP contribution is 2.27. The molecule has 0 fully saturated rings. The van der Waals surface area contributed by atoms with Crippen LogP contribution in [0.1, 0.15) is 0 Å². The summed E-state index contributed by atoms with van der Waals surface area (Å²) >= 11 is 2.75. The number of aromatic nitrogens is 4. The van der Waals surface area contributed by atoms with E-state index in [1.54, 1.807) is 10.9 Å². The molecule has 0 radical (unpaired) electrons. The molecular weight excluding hydrogens is 390 g/mol. The summed E-state index contributed by atoms with van der Waals surface area (Å²) in [6.07, 6.45) is 1.61. The minimum atomic E-state index is -0.117. The maximum atomic E-state index is 12.1. The van der Waals surface area contributed by atoms with Crippen LogP contribution in [0.25, 0.3) is 22.4 Å². The first-order valence-corrected chi connectivity index (χ1v) is 10.4. The zero-order valence-electron chi connectivity index (χ0n) is 15.1. The lowest BCUT2D eigenvalue weighted by Crippen LogP contribution is -2.14. The van der Waals surface area contributed by atoms with Gasteiger partial charge >= 0.3 is 0 Å². The number of nitrogens with one attached hydrogen (secondary N) is 1. The number of hydrogen-bond donors (Lipinski definition) is 1. The van der Waals surface area contributed by atoms with Crippen molar-refractivity contribution in [3.05, 3.63) is 66.3 Å². The van der Waals surface area contributed by atoms with Gasteiger partial charge in [0.15, 0.2) is 10.3 Å². The van der Waals surface area contributed by atoms with Crippen LogP contribution in [0.4, 0.5) is 5.13 Å². The second kappa shape index (κ2) is 8.37. The van der Waals surface area contributed by atoms with Gasteiger partial charge in [0, 0.05) is 18.0 Å². The maximum absolute atomic E-state index is 12.1. The third kappa shape index (κ3) is 4.29. The molecule has 0 aliphatic heterocycles. The predicted molar refractivity (Wildman–Crippen MR) is 113 cm³/mol. The summed E-state index contributed by atoms with van der Waals surface area (Å²) in [5.41, 5.74) is 4.21. The number of rotatable bonds is 6. The molecule has 2 aromatic heterocycles. The number of thiazole rings is 1. The molecule has 6 nitrogen and oxygen atoms in total. The quantitative estimate of drug-likeness (QED) is 0.482. The molecule has 0 aliphatic carbocycles. The zero-order valence-corrected chi connectivity index (χ0v) is 16.7. The van der Waals surface area contributed by atoms with E-state index in [0.29, 0.717) is 10.3 Å². The average Bonchev–Trinajstić information content (AvgIpc) is 3.36. The fourth-order valence-corrected chi connectivity index (χ4v) is 4.04. The van der Waals surface area contributed by atoms with Crippen LogP contribution in [0, 0.1) is 0 Å². The molecule has 0 aliphatic rings. The molecule has 4 aromatic rings. The fourth-order valence-electron chi connectivity index (χ4n) is 2.62. The molecule has 1 N–H and O–H groups in total. The van der Waals surface area contributed by atoms with Gasteiger partial charge in [-0.15, -0.1) is 21.5 Å². The van der Waals surface area contributed by atoms with Crippen molar-refractivity contribution >= 4 is 34.1 Å². The molecule has 0 saturated carbocycles. The number of carbonyl (C=O) groups is 1. The second-order valence-corrected chi connectivity index (χ2v) is 7.84. The van der Waals surface area contributed by atoms with E-state index in [1.165, 1.54) is 28.7 Å². The smallest absolute Gasteiger partial charge is 0.236 e. The third-order valence-corrected chi connectivity index (χ3v) is 5.83. The van der Waals surface area contributed by atoms with Crippen LogP contribution in [0.5, 0.6) is 0 Å². The monoisotopic (exact) mass is 407 g/mol. The van der Waals surface area contributed by atoms with Gasteiger partial charge in [0.25, 0.3) is 0 Å². The summed E-state index contributed by atoms with van der Waals surface area (Å²) in [4.78, 5) is 16.7. The normalized spacial score (nSPS) is 10.8. The van der Waals surface area contributed by atoms with E-state index < -0.39 is 0 Å². The number of hydrogen-bond acceptors (Lipinski definition) is 6. The number of anilines is 1. The molecule has 2 aromatic carbocycles. The Morgan fingerprint density at radius 1 is 1.07 bits per heavy atom. The fraction of sp³-hybridized carbons (Fsp3) is 0.100. The summed E-state index contributed by atoms with van der Waals surface area (Å²) in [6.45, 7) is 0. The van der Waals surface area contributed by atoms with Crippen LogP contribution in [-0.2, 0) is 11.8 Å². The van der Waals surface area contributed by atoms with E-state index in [-0.39, 0.29) is 11.7 Å². The number of aryl methyl sites for hydroxylation is 1. The largest absolute Gasteiger partial charge is 0.312 e. The van der Waals surface area contributed by atoms with Gasteiger partial charge < -0.3 is 9.88 Å². The standard InChI is InChI=1S/C20H17N5OS2/c1-25-13-21-24-20(25)28-12-18(26)23-19-22-17(11-27-19)16-9-7-15(8-10-16)14-5-3-2-4-6-14/h2-11,13H,12H2,1H3,(H,22,23,26). The van der Waals surface area contributed by atoms with Crippen LogP contribution in [0.15, 0.2) is 71.5 Å². The van der Waals surface area contributed by atoms with E-state index in [4.69, 9.17) is 0 Å². The zero-order chi connectivity index (χ0) is 19.3. The van der Waals surface area contributed by atoms with Crippen molar-refractivity contribution in [3.63, 3.8) is 0 Å². The molecule has 140 valence electrons. The first-order chi connectivity index (χ1) is 13.7. The molecule has 0 saturated heterocycles. The summed E-state index contributed by atoms with van der Waals surface area (Å²) in [7, 11) is 1.84. The van der Waals surface area contributed by atoms with Gasteiger partial charge in [-0.1, -0.05) is 66.4 Å². The van der Waals surface area contributed by atoms with E-state index in [2.05, 4.69) is 44.8 Å². The summed E-state index contributed by atoms with van der Waals surface area (Å²) < 4.78 is 1.78.